The van der Waals surface area contributed by atoms with E-state index in [9.17, 15) is 5.11 Å². The Kier molecular flexibility index (Phi) is 1.99. The van der Waals surface area contributed by atoms with Crippen LogP contribution in [0.5, 0.6) is 0 Å². The van der Waals surface area contributed by atoms with Gasteiger partial charge in [-0.25, -0.2) is 4.90 Å². The monoisotopic (exact) mass is 145 g/mol. The molecule has 60 valence electrons. The molecule has 0 aromatic carbocycles. The van der Waals surface area contributed by atoms with Crippen LogP contribution in [0.1, 0.15) is 20.8 Å². The molecule has 1 aliphatic rings. The van der Waals surface area contributed by atoms with Gasteiger partial charge in [0.25, 0.3) is 0 Å². The van der Waals surface area contributed by atoms with E-state index in [4.69, 9.17) is 4.74 Å². The Hall–Kier alpha value is -0.120. The molecule has 0 bridgehead atoms. The summed E-state index contributed by atoms with van der Waals surface area (Å²) in [4.78, 5) is 1.92. The van der Waals surface area contributed by atoms with Crippen molar-refractivity contribution in [2.24, 2.45) is 0 Å². The standard InChI is InChI=1S/C7H15NO2/c1-6(9)8-4-5-10-7(8,2)3/h6,9H,4-5H2,1-3H3. The average Bonchev–Trinajstić information content (AvgIpc) is 2.08. The van der Waals surface area contributed by atoms with Gasteiger partial charge in [-0.15, -0.1) is 0 Å². The molecule has 0 amide bonds. The Labute approximate surface area is 61.6 Å². The predicted octanol–water partition coefficient (Wildman–Crippen LogP) is 0.393. The molecular formula is C7H15NO2. The van der Waals surface area contributed by atoms with Crippen LogP contribution < -0.4 is 0 Å². The summed E-state index contributed by atoms with van der Waals surface area (Å²) in [5.74, 6) is 0. The molecule has 10 heavy (non-hydrogen) atoms. The lowest BCUT2D eigenvalue weighted by Gasteiger charge is -2.31. The zero-order valence-corrected chi connectivity index (χ0v) is 6.79. The second-order valence-electron chi connectivity index (χ2n) is 3.12. The Balaban J connectivity index is 2.59. The van der Waals surface area contributed by atoms with Crippen LogP contribution in [0, 0.1) is 0 Å². The van der Waals surface area contributed by atoms with E-state index >= 15 is 0 Å². The summed E-state index contributed by atoms with van der Waals surface area (Å²) >= 11 is 0. The second-order valence-corrected chi connectivity index (χ2v) is 3.12. The molecule has 1 N–H and O–H groups in total. The van der Waals surface area contributed by atoms with E-state index in [2.05, 4.69) is 0 Å². The first-order valence-corrected chi connectivity index (χ1v) is 3.63. The molecule has 1 aliphatic heterocycles. The van der Waals surface area contributed by atoms with Crippen LogP contribution in [-0.2, 0) is 4.74 Å². The van der Waals surface area contributed by atoms with E-state index in [1.165, 1.54) is 0 Å². The molecule has 0 aromatic rings. The van der Waals surface area contributed by atoms with Gasteiger partial charge in [0.2, 0.25) is 0 Å². The lowest BCUT2D eigenvalue weighted by Crippen LogP contribution is -2.44. The fourth-order valence-corrected chi connectivity index (χ4v) is 1.38. The number of ether oxygens (including phenoxy) is 1. The lowest BCUT2D eigenvalue weighted by molar-refractivity contribution is -0.113. The third-order valence-electron chi connectivity index (χ3n) is 1.93. The van der Waals surface area contributed by atoms with E-state index in [0.29, 0.717) is 0 Å². The van der Waals surface area contributed by atoms with Crippen LogP contribution in [-0.4, -0.2) is 35.1 Å². The van der Waals surface area contributed by atoms with Gasteiger partial charge < -0.3 is 9.84 Å². The molecule has 3 nitrogen and oxygen atoms in total. The first-order valence-electron chi connectivity index (χ1n) is 3.63. The summed E-state index contributed by atoms with van der Waals surface area (Å²) < 4.78 is 5.38. The minimum Gasteiger partial charge on any atom is -0.379 e. The molecule has 1 rings (SSSR count). The molecule has 1 saturated heterocycles. The fraction of sp³-hybridized carbons (Fsp3) is 1.00. The molecule has 0 aliphatic carbocycles. The summed E-state index contributed by atoms with van der Waals surface area (Å²) in [5.41, 5.74) is -0.284. The van der Waals surface area contributed by atoms with Crippen molar-refractivity contribution in [1.82, 2.24) is 4.90 Å². The second kappa shape index (κ2) is 2.49. The van der Waals surface area contributed by atoms with E-state index in [-0.39, 0.29) is 5.72 Å². The van der Waals surface area contributed by atoms with Crippen molar-refractivity contribution in [2.75, 3.05) is 13.2 Å². The molecule has 0 saturated carbocycles. The molecule has 3 heteroatoms. The van der Waals surface area contributed by atoms with Crippen LogP contribution in [0.25, 0.3) is 0 Å². The fourth-order valence-electron chi connectivity index (χ4n) is 1.38. The van der Waals surface area contributed by atoms with Crippen molar-refractivity contribution < 1.29 is 9.84 Å². The third-order valence-corrected chi connectivity index (χ3v) is 1.93. The van der Waals surface area contributed by atoms with Gasteiger partial charge >= 0.3 is 0 Å². The van der Waals surface area contributed by atoms with Gasteiger partial charge in [-0.05, 0) is 20.8 Å². The molecule has 1 heterocycles. The van der Waals surface area contributed by atoms with Gasteiger partial charge in [0.15, 0.2) is 0 Å². The van der Waals surface area contributed by atoms with Gasteiger partial charge in [0, 0.05) is 6.54 Å². The molecule has 0 spiro atoms. The Morgan fingerprint density at radius 3 is 2.40 bits per heavy atom. The van der Waals surface area contributed by atoms with E-state index in [0.717, 1.165) is 13.2 Å². The molecule has 1 fully saturated rings. The minimum absolute atomic E-state index is 0.284. The highest BCUT2D eigenvalue weighted by Gasteiger charge is 2.35. The topological polar surface area (TPSA) is 32.7 Å². The smallest absolute Gasteiger partial charge is 0.118 e. The van der Waals surface area contributed by atoms with Gasteiger partial charge in [0.1, 0.15) is 12.0 Å². The van der Waals surface area contributed by atoms with Crippen LogP contribution in [0.15, 0.2) is 0 Å². The third kappa shape index (κ3) is 1.31. The average molecular weight is 145 g/mol. The number of aliphatic hydroxyl groups is 1. The van der Waals surface area contributed by atoms with Gasteiger partial charge in [-0.2, -0.15) is 0 Å². The van der Waals surface area contributed by atoms with Crippen LogP contribution >= 0.6 is 0 Å². The van der Waals surface area contributed by atoms with Gasteiger partial charge in [-0.3, -0.25) is 0 Å². The summed E-state index contributed by atoms with van der Waals surface area (Å²) in [6.45, 7) is 7.23. The van der Waals surface area contributed by atoms with Crippen molar-refractivity contribution in [3.05, 3.63) is 0 Å². The zero-order valence-electron chi connectivity index (χ0n) is 6.79. The molecule has 1 atom stereocenters. The minimum atomic E-state index is -0.405. The highest BCUT2D eigenvalue weighted by molar-refractivity contribution is 4.77. The highest BCUT2D eigenvalue weighted by atomic mass is 16.5. The predicted molar refractivity (Wildman–Crippen MR) is 38.4 cm³/mol. The number of aliphatic hydroxyl groups excluding tert-OH is 1. The maximum atomic E-state index is 9.23. The van der Waals surface area contributed by atoms with E-state index < -0.39 is 6.23 Å². The van der Waals surface area contributed by atoms with Crippen molar-refractivity contribution in [3.8, 4) is 0 Å². The largest absolute Gasteiger partial charge is 0.379 e. The van der Waals surface area contributed by atoms with Gasteiger partial charge in [0.05, 0.1) is 6.61 Å². The Morgan fingerprint density at radius 2 is 2.20 bits per heavy atom. The first kappa shape index (κ1) is 7.98. The van der Waals surface area contributed by atoms with Crippen molar-refractivity contribution in [3.63, 3.8) is 0 Å². The van der Waals surface area contributed by atoms with Crippen molar-refractivity contribution in [2.45, 2.75) is 32.7 Å². The zero-order chi connectivity index (χ0) is 7.78. The van der Waals surface area contributed by atoms with Crippen molar-refractivity contribution in [1.29, 1.82) is 0 Å². The number of hydrogen-bond donors (Lipinski definition) is 1. The number of rotatable bonds is 1. The van der Waals surface area contributed by atoms with E-state index in [1.807, 2.05) is 18.7 Å². The number of hydrogen-bond acceptors (Lipinski definition) is 3. The van der Waals surface area contributed by atoms with E-state index in [1.54, 1.807) is 6.92 Å². The number of nitrogens with zero attached hydrogens (tertiary/aromatic N) is 1. The van der Waals surface area contributed by atoms with Crippen LogP contribution in [0.4, 0.5) is 0 Å². The molecule has 1 unspecified atom stereocenters. The SMILES string of the molecule is CC(O)N1CCOC1(C)C. The van der Waals surface area contributed by atoms with Crippen molar-refractivity contribution >= 4 is 0 Å². The summed E-state index contributed by atoms with van der Waals surface area (Å²) in [7, 11) is 0. The maximum Gasteiger partial charge on any atom is 0.118 e. The summed E-state index contributed by atoms with van der Waals surface area (Å²) in [6, 6.07) is 0. The molecular weight excluding hydrogens is 130 g/mol. The van der Waals surface area contributed by atoms with Crippen LogP contribution in [0.2, 0.25) is 0 Å². The molecule has 0 aromatic heterocycles. The Morgan fingerprint density at radius 1 is 1.60 bits per heavy atom. The Bertz CT molecular complexity index is 123. The van der Waals surface area contributed by atoms with Gasteiger partial charge in [-0.1, -0.05) is 0 Å². The first-order chi connectivity index (χ1) is 4.54. The maximum absolute atomic E-state index is 9.23. The quantitative estimate of drug-likeness (QED) is 0.579. The molecule has 0 radical (unpaired) electrons. The normalized spacial score (nSPS) is 28.8. The van der Waals surface area contributed by atoms with Crippen LogP contribution in [0.3, 0.4) is 0 Å². The highest BCUT2D eigenvalue weighted by Crippen LogP contribution is 2.23. The lowest BCUT2D eigenvalue weighted by atomic mass is 10.2. The summed E-state index contributed by atoms with van der Waals surface area (Å²) in [5, 5.41) is 9.23. The summed E-state index contributed by atoms with van der Waals surface area (Å²) in [6.07, 6.45) is -0.405.